The van der Waals surface area contributed by atoms with Gasteiger partial charge in [-0.05, 0) is 31.2 Å². The molecule has 1 heterocycles. The molecule has 0 amide bonds. The Labute approximate surface area is 109 Å². The van der Waals surface area contributed by atoms with Crippen LogP contribution in [0.25, 0.3) is 0 Å². The Balaban J connectivity index is 2.36. The van der Waals surface area contributed by atoms with E-state index in [0.29, 0.717) is 5.69 Å². The fraction of sp³-hybridized carbons (Fsp3) is 0.167. The second kappa shape index (κ2) is 4.73. The number of carbonyl (C=O) groups is 1. The Morgan fingerprint density at radius 3 is 2.72 bits per heavy atom. The van der Waals surface area contributed by atoms with E-state index in [0.717, 1.165) is 15.6 Å². The van der Waals surface area contributed by atoms with Gasteiger partial charge in [-0.15, -0.1) is 0 Å². The molecule has 2 rings (SSSR count). The summed E-state index contributed by atoms with van der Waals surface area (Å²) in [6, 6.07) is 6.60. The van der Waals surface area contributed by atoms with E-state index in [1.54, 1.807) is 16.8 Å². The first-order chi connectivity index (χ1) is 8.47. The van der Waals surface area contributed by atoms with E-state index in [2.05, 4.69) is 5.10 Å². The summed E-state index contributed by atoms with van der Waals surface area (Å²) in [6.07, 6.45) is 0. The summed E-state index contributed by atoms with van der Waals surface area (Å²) in [5.74, 6) is -0.960. The molecule has 94 valence electrons. The lowest BCUT2D eigenvalue weighted by atomic mass is 10.2. The molecule has 0 aliphatic carbocycles. The summed E-state index contributed by atoms with van der Waals surface area (Å²) < 4.78 is 1.74. The van der Waals surface area contributed by atoms with E-state index in [1.807, 2.05) is 20.0 Å². The number of aryl methyl sites for hydroxylation is 2. The number of nitrogens with zero attached hydrogens (tertiary/aromatic N) is 2. The van der Waals surface area contributed by atoms with E-state index in [-0.39, 0.29) is 5.56 Å². The van der Waals surface area contributed by atoms with Crippen LogP contribution in [0.1, 0.15) is 16.1 Å². The Bertz CT molecular complexity index is 607. The largest absolute Gasteiger partial charge is 0.478 e. The van der Waals surface area contributed by atoms with Crippen molar-refractivity contribution in [3.8, 4) is 0 Å². The number of aromatic nitrogens is 2. The average molecular weight is 263 g/mol. The molecular weight excluding hydrogens is 250 g/mol. The SMILES string of the molecule is Cc1cc(Sc2cc(C(=O)O)ccc2N)n(C)n1. The predicted molar refractivity (Wildman–Crippen MR) is 69.9 cm³/mol. The normalized spacial score (nSPS) is 10.6. The first kappa shape index (κ1) is 12.5. The third-order valence-corrected chi connectivity index (χ3v) is 3.60. The minimum Gasteiger partial charge on any atom is -0.478 e. The lowest BCUT2D eigenvalue weighted by molar-refractivity contribution is 0.0696. The minimum atomic E-state index is -0.960. The van der Waals surface area contributed by atoms with Gasteiger partial charge in [-0.2, -0.15) is 5.10 Å². The number of hydrogen-bond acceptors (Lipinski definition) is 4. The molecule has 0 fully saturated rings. The van der Waals surface area contributed by atoms with Crippen LogP contribution in [0.2, 0.25) is 0 Å². The van der Waals surface area contributed by atoms with Crippen LogP contribution in [0.3, 0.4) is 0 Å². The number of aromatic carboxylic acids is 1. The molecule has 0 spiro atoms. The molecule has 1 aromatic heterocycles. The molecule has 0 aliphatic heterocycles. The molecule has 5 nitrogen and oxygen atoms in total. The topological polar surface area (TPSA) is 81.1 Å². The molecule has 3 N–H and O–H groups in total. The minimum absolute atomic E-state index is 0.227. The van der Waals surface area contributed by atoms with Gasteiger partial charge in [0.05, 0.1) is 16.3 Å². The maximum atomic E-state index is 10.9. The smallest absolute Gasteiger partial charge is 0.335 e. The van der Waals surface area contributed by atoms with Crippen molar-refractivity contribution in [3.05, 3.63) is 35.5 Å². The quantitative estimate of drug-likeness (QED) is 0.829. The van der Waals surface area contributed by atoms with Gasteiger partial charge < -0.3 is 10.8 Å². The Kier molecular flexibility index (Phi) is 3.29. The standard InChI is InChI=1S/C12H13N3O2S/c1-7-5-11(15(2)14-7)18-10-6-8(12(16)17)3-4-9(10)13/h3-6H,13H2,1-2H3,(H,16,17). The number of benzene rings is 1. The second-order valence-electron chi connectivity index (χ2n) is 3.91. The molecule has 0 unspecified atom stereocenters. The van der Waals surface area contributed by atoms with Crippen LogP contribution in [0.5, 0.6) is 0 Å². The third kappa shape index (κ3) is 2.48. The highest BCUT2D eigenvalue weighted by molar-refractivity contribution is 7.99. The van der Waals surface area contributed by atoms with Crippen LogP contribution in [-0.4, -0.2) is 20.9 Å². The van der Waals surface area contributed by atoms with Crippen molar-refractivity contribution < 1.29 is 9.90 Å². The van der Waals surface area contributed by atoms with Gasteiger partial charge in [0.15, 0.2) is 0 Å². The molecule has 1 aromatic carbocycles. The maximum Gasteiger partial charge on any atom is 0.335 e. The third-order valence-electron chi connectivity index (χ3n) is 2.43. The lowest BCUT2D eigenvalue weighted by Crippen LogP contribution is -1.99. The monoisotopic (exact) mass is 263 g/mol. The highest BCUT2D eigenvalue weighted by atomic mass is 32.2. The summed E-state index contributed by atoms with van der Waals surface area (Å²) in [6.45, 7) is 1.90. The van der Waals surface area contributed by atoms with Gasteiger partial charge in [-0.3, -0.25) is 4.68 Å². The maximum absolute atomic E-state index is 10.9. The van der Waals surface area contributed by atoms with Gasteiger partial charge in [0.2, 0.25) is 0 Å². The van der Waals surface area contributed by atoms with Gasteiger partial charge in [0.1, 0.15) is 0 Å². The summed E-state index contributed by atoms with van der Waals surface area (Å²) >= 11 is 1.41. The number of rotatable bonds is 3. The van der Waals surface area contributed by atoms with Crippen LogP contribution < -0.4 is 5.73 Å². The van der Waals surface area contributed by atoms with Crippen LogP contribution in [0.4, 0.5) is 5.69 Å². The summed E-state index contributed by atoms with van der Waals surface area (Å²) in [7, 11) is 1.84. The van der Waals surface area contributed by atoms with Gasteiger partial charge in [0.25, 0.3) is 0 Å². The van der Waals surface area contributed by atoms with E-state index in [4.69, 9.17) is 10.8 Å². The van der Waals surface area contributed by atoms with Gasteiger partial charge in [0, 0.05) is 17.6 Å². The number of anilines is 1. The van der Waals surface area contributed by atoms with Crippen molar-refractivity contribution in [2.75, 3.05) is 5.73 Å². The summed E-state index contributed by atoms with van der Waals surface area (Å²) in [4.78, 5) is 11.6. The van der Waals surface area contributed by atoms with Crippen LogP contribution >= 0.6 is 11.8 Å². The summed E-state index contributed by atoms with van der Waals surface area (Å²) in [5.41, 5.74) is 7.55. The second-order valence-corrected chi connectivity index (χ2v) is 4.97. The van der Waals surface area contributed by atoms with Gasteiger partial charge in [-0.25, -0.2) is 4.79 Å². The van der Waals surface area contributed by atoms with Crippen molar-refractivity contribution in [2.24, 2.45) is 7.05 Å². The number of hydrogen-bond donors (Lipinski definition) is 2. The number of nitrogens with two attached hydrogens (primary N) is 1. The van der Waals surface area contributed by atoms with Crippen LogP contribution in [0, 0.1) is 6.92 Å². The van der Waals surface area contributed by atoms with Gasteiger partial charge in [-0.1, -0.05) is 11.8 Å². The molecule has 2 aromatic rings. The number of carboxylic acid groups (broad SMARTS) is 1. The predicted octanol–water partition coefficient (Wildman–Crippen LogP) is 2.16. The van der Waals surface area contributed by atoms with E-state index < -0.39 is 5.97 Å². The molecule has 0 aliphatic rings. The van der Waals surface area contributed by atoms with E-state index in [9.17, 15) is 4.79 Å². The van der Waals surface area contributed by atoms with Crippen LogP contribution in [-0.2, 0) is 7.05 Å². The fourth-order valence-corrected chi connectivity index (χ4v) is 2.55. The molecule has 0 bridgehead atoms. The molecule has 0 radical (unpaired) electrons. The molecule has 0 saturated heterocycles. The molecule has 0 saturated carbocycles. The Morgan fingerprint density at radius 2 is 2.17 bits per heavy atom. The Morgan fingerprint density at radius 1 is 1.44 bits per heavy atom. The zero-order valence-corrected chi connectivity index (χ0v) is 10.9. The van der Waals surface area contributed by atoms with Crippen LogP contribution in [0.15, 0.2) is 34.2 Å². The van der Waals surface area contributed by atoms with E-state index >= 15 is 0 Å². The Hall–Kier alpha value is -1.95. The van der Waals surface area contributed by atoms with Crippen molar-refractivity contribution in [2.45, 2.75) is 16.8 Å². The van der Waals surface area contributed by atoms with Crippen molar-refractivity contribution in [1.29, 1.82) is 0 Å². The molecule has 18 heavy (non-hydrogen) atoms. The van der Waals surface area contributed by atoms with E-state index in [1.165, 1.54) is 17.8 Å². The first-order valence-corrected chi connectivity index (χ1v) is 6.10. The fourth-order valence-electron chi connectivity index (χ4n) is 1.55. The average Bonchev–Trinajstić information content (AvgIpc) is 2.60. The van der Waals surface area contributed by atoms with Crippen molar-refractivity contribution in [3.63, 3.8) is 0 Å². The van der Waals surface area contributed by atoms with Crippen molar-refractivity contribution in [1.82, 2.24) is 9.78 Å². The van der Waals surface area contributed by atoms with Crippen molar-refractivity contribution >= 4 is 23.4 Å². The number of nitrogen functional groups attached to an aromatic ring is 1. The summed E-state index contributed by atoms with van der Waals surface area (Å²) in [5, 5.41) is 14.1. The lowest BCUT2D eigenvalue weighted by Gasteiger charge is -2.06. The number of carboxylic acids is 1. The zero-order valence-electron chi connectivity index (χ0n) is 10.0. The van der Waals surface area contributed by atoms with Gasteiger partial charge >= 0.3 is 5.97 Å². The first-order valence-electron chi connectivity index (χ1n) is 5.28. The highest BCUT2D eigenvalue weighted by Crippen LogP contribution is 2.32. The molecular formula is C12H13N3O2S. The molecule has 6 heteroatoms. The molecule has 0 atom stereocenters. The zero-order chi connectivity index (χ0) is 13.3. The highest BCUT2D eigenvalue weighted by Gasteiger charge is 2.10.